The molecule has 0 aliphatic rings. The summed E-state index contributed by atoms with van der Waals surface area (Å²) in [5.41, 5.74) is 0. The maximum absolute atomic E-state index is 10.1. The molecule has 0 bridgehead atoms. The zero-order chi connectivity index (χ0) is 9.61. The van der Waals surface area contributed by atoms with Gasteiger partial charge in [-0.2, -0.15) is 0 Å². The van der Waals surface area contributed by atoms with Gasteiger partial charge in [0.2, 0.25) is 0 Å². The lowest BCUT2D eigenvalue weighted by Gasteiger charge is -2.38. The van der Waals surface area contributed by atoms with Crippen LogP contribution >= 0.6 is 0 Å². The van der Waals surface area contributed by atoms with Gasteiger partial charge in [0.15, 0.2) is 5.85 Å². The minimum atomic E-state index is -0.807. The van der Waals surface area contributed by atoms with Crippen molar-refractivity contribution in [3.8, 4) is 0 Å². The SMILES string of the molecule is CCNC(O)(CC)N(CC)CC. The second kappa shape index (κ2) is 5.51. The molecule has 1 unspecified atom stereocenters. The summed E-state index contributed by atoms with van der Waals surface area (Å²) in [6.07, 6.45) is 0.711. The fourth-order valence-electron chi connectivity index (χ4n) is 1.49. The van der Waals surface area contributed by atoms with E-state index in [0.29, 0.717) is 6.42 Å². The number of aliphatic hydroxyl groups is 1. The maximum Gasteiger partial charge on any atom is 0.174 e. The molecule has 0 heterocycles. The normalized spacial score (nSPS) is 16.5. The Kier molecular flexibility index (Phi) is 5.46. The van der Waals surface area contributed by atoms with Crippen LogP contribution in [0, 0.1) is 0 Å². The van der Waals surface area contributed by atoms with Crippen LogP contribution in [0.2, 0.25) is 0 Å². The summed E-state index contributed by atoms with van der Waals surface area (Å²) >= 11 is 0. The largest absolute Gasteiger partial charge is 0.363 e. The van der Waals surface area contributed by atoms with Crippen LogP contribution in [0.25, 0.3) is 0 Å². The summed E-state index contributed by atoms with van der Waals surface area (Å²) in [6, 6.07) is 0. The van der Waals surface area contributed by atoms with Crippen molar-refractivity contribution in [2.75, 3.05) is 19.6 Å². The van der Waals surface area contributed by atoms with Crippen molar-refractivity contribution >= 4 is 0 Å². The highest BCUT2D eigenvalue weighted by molar-refractivity contribution is 4.73. The highest BCUT2D eigenvalue weighted by Gasteiger charge is 2.28. The smallest absolute Gasteiger partial charge is 0.174 e. The molecule has 0 saturated heterocycles. The topological polar surface area (TPSA) is 35.5 Å². The lowest BCUT2D eigenvalue weighted by molar-refractivity contribution is -0.132. The van der Waals surface area contributed by atoms with E-state index in [4.69, 9.17) is 0 Å². The van der Waals surface area contributed by atoms with E-state index in [0.717, 1.165) is 19.6 Å². The fraction of sp³-hybridized carbons (Fsp3) is 1.00. The molecule has 0 fully saturated rings. The monoisotopic (exact) mass is 174 g/mol. The molecule has 0 aromatic carbocycles. The van der Waals surface area contributed by atoms with E-state index in [-0.39, 0.29) is 0 Å². The molecule has 0 saturated carbocycles. The molecule has 0 aromatic heterocycles. The third-order valence-corrected chi connectivity index (χ3v) is 2.24. The summed E-state index contributed by atoms with van der Waals surface area (Å²) in [6.45, 7) is 10.6. The van der Waals surface area contributed by atoms with Crippen LogP contribution in [0.5, 0.6) is 0 Å². The van der Waals surface area contributed by atoms with Crippen molar-refractivity contribution in [1.82, 2.24) is 10.2 Å². The van der Waals surface area contributed by atoms with Crippen molar-refractivity contribution in [3.63, 3.8) is 0 Å². The van der Waals surface area contributed by atoms with E-state index in [1.54, 1.807) is 0 Å². The van der Waals surface area contributed by atoms with Gasteiger partial charge in [-0.3, -0.25) is 10.2 Å². The van der Waals surface area contributed by atoms with Gasteiger partial charge >= 0.3 is 0 Å². The van der Waals surface area contributed by atoms with Crippen molar-refractivity contribution in [3.05, 3.63) is 0 Å². The molecule has 0 aliphatic heterocycles. The zero-order valence-corrected chi connectivity index (χ0v) is 8.72. The number of rotatable bonds is 6. The van der Waals surface area contributed by atoms with Gasteiger partial charge in [-0.05, 0) is 19.6 Å². The summed E-state index contributed by atoms with van der Waals surface area (Å²) in [4.78, 5) is 2.02. The minimum Gasteiger partial charge on any atom is -0.363 e. The van der Waals surface area contributed by atoms with Crippen LogP contribution in [-0.2, 0) is 0 Å². The molecule has 3 nitrogen and oxygen atoms in total. The Morgan fingerprint density at radius 1 is 1.17 bits per heavy atom. The highest BCUT2D eigenvalue weighted by atomic mass is 16.3. The van der Waals surface area contributed by atoms with Crippen LogP contribution in [0.15, 0.2) is 0 Å². The predicted octanol–water partition coefficient (Wildman–Crippen LogP) is 0.994. The lowest BCUT2D eigenvalue weighted by atomic mass is 10.2. The third kappa shape index (κ3) is 2.73. The molecule has 74 valence electrons. The lowest BCUT2D eigenvalue weighted by Crippen LogP contribution is -2.58. The van der Waals surface area contributed by atoms with E-state index in [1.165, 1.54) is 0 Å². The average molecular weight is 174 g/mol. The average Bonchev–Trinajstić information content (AvgIpc) is 2.07. The molecule has 0 amide bonds. The summed E-state index contributed by atoms with van der Waals surface area (Å²) < 4.78 is 0. The van der Waals surface area contributed by atoms with Crippen LogP contribution in [0.3, 0.4) is 0 Å². The molecular formula is C9H22N2O. The number of hydrogen-bond acceptors (Lipinski definition) is 3. The Labute approximate surface area is 75.8 Å². The first-order valence-electron chi connectivity index (χ1n) is 4.87. The van der Waals surface area contributed by atoms with Gasteiger partial charge in [-0.15, -0.1) is 0 Å². The molecule has 2 N–H and O–H groups in total. The molecule has 0 rings (SSSR count). The Morgan fingerprint density at radius 2 is 1.67 bits per heavy atom. The Hall–Kier alpha value is -0.120. The maximum atomic E-state index is 10.1. The Morgan fingerprint density at radius 3 is 1.92 bits per heavy atom. The van der Waals surface area contributed by atoms with E-state index in [2.05, 4.69) is 19.2 Å². The van der Waals surface area contributed by atoms with Crippen LogP contribution in [0.1, 0.15) is 34.1 Å². The van der Waals surface area contributed by atoms with Gasteiger partial charge in [0, 0.05) is 6.42 Å². The third-order valence-electron chi connectivity index (χ3n) is 2.24. The van der Waals surface area contributed by atoms with E-state index in [1.807, 2.05) is 18.7 Å². The van der Waals surface area contributed by atoms with Crippen molar-refractivity contribution in [1.29, 1.82) is 0 Å². The first kappa shape index (κ1) is 11.9. The van der Waals surface area contributed by atoms with Crippen molar-refractivity contribution < 1.29 is 5.11 Å². The second-order valence-corrected chi connectivity index (χ2v) is 2.87. The zero-order valence-electron chi connectivity index (χ0n) is 8.72. The molecule has 0 spiro atoms. The first-order valence-corrected chi connectivity index (χ1v) is 4.87. The summed E-state index contributed by atoms with van der Waals surface area (Å²) in [7, 11) is 0. The molecule has 3 heteroatoms. The molecule has 1 atom stereocenters. The van der Waals surface area contributed by atoms with Crippen LogP contribution in [0.4, 0.5) is 0 Å². The minimum absolute atomic E-state index is 0.711. The van der Waals surface area contributed by atoms with Gasteiger partial charge in [0.25, 0.3) is 0 Å². The van der Waals surface area contributed by atoms with Gasteiger partial charge < -0.3 is 5.11 Å². The summed E-state index contributed by atoms with van der Waals surface area (Å²) in [5.74, 6) is -0.807. The number of nitrogens with one attached hydrogen (secondary N) is 1. The van der Waals surface area contributed by atoms with Gasteiger partial charge in [0.1, 0.15) is 0 Å². The Bertz CT molecular complexity index is 115. The van der Waals surface area contributed by atoms with Gasteiger partial charge in [-0.1, -0.05) is 27.7 Å². The van der Waals surface area contributed by atoms with Gasteiger partial charge in [-0.25, -0.2) is 0 Å². The molecule has 0 aliphatic carbocycles. The quantitative estimate of drug-likeness (QED) is 0.590. The van der Waals surface area contributed by atoms with Gasteiger partial charge in [0.05, 0.1) is 0 Å². The van der Waals surface area contributed by atoms with E-state index >= 15 is 0 Å². The highest BCUT2D eigenvalue weighted by Crippen LogP contribution is 2.11. The molecule has 0 radical (unpaired) electrons. The van der Waals surface area contributed by atoms with Crippen molar-refractivity contribution in [2.24, 2.45) is 0 Å². The fourth-order valence-corrected chi connectivity index (χ4v) is 1.49. The predicted molar refractivity (Wildman–Crippen MR) is 51.8 cm³/mol. The number of nitrogens with zero attached hydrogens (tertiary/aromatic N) is 1. The van der Waals surface area contributed by atoms with Crippen molar-refractivity contribution in [2.45, 2.75) is 40.0 Å². The van der Waals surface area contributed by atoms with E-state index < -0.39 is 5.85 Å². The van der Waals surface area contributed by atoms with Crippen LogP contribution < -0.4 is 5.32 Å². The summed E-state index contributed by atoms with van der Waals surface area (Å²) in [5, 5.41) is 13.2. The first-order chi connectivity index (χ1) is 5.64. The molecule has 12 heavy (non-hydrogen) atoms. The van der Waals surface area contributed by atoms with Crippen LogP contribution in [-0.4, -0.2) is 35.5 Å². The van der Waals surface area contributed by atoms with E-state index in [9.17, 15) is 5.11 Å². The Balaban J connectivity index is 4.24. The second-order valence-electron chi connectivity index (χ2n) is 2.87. The molecular weight excluding hydrogens is 152 g/mol. The molecule has 0 aromatic rings. The standard InChI is InChI=1S/C9H22N2O/c1-5-9(12,10-6-2)11(7-3)8-4/h10,12H,5-8H2,1-4H3. The number of hydrogen-bond donors (Lipinski definition) is 2.